The first kappa shape index (κ1) is 11.2. The van der Waals surface area contributed by atoms with Crippen LogP contribution in [0.3, 0.4) is 0 Å². The highest BCUT2D eigenvalue weighted by Gasteiger charge is 2.26. The fourth-order valence-electron chi connectivity index (χ4n) is 2.05. The predicted octanol–water partition coefficient (Wildman–Crippen LogP) is 1.15. The molecular formula is C11H20N2O. The van der Waals surface area contributed by atoms with Crippen LogP contribution in [0.4, 0.5) is 0 Å². The number of carbonyl (C=O) groups is 1. The van der Waals surface area contributed by atoms with Gasteiger partial charge in [-0.3, -0.25) is 4.79 Å². The highest BCUT2D eigenvalue weighted by molar-refractivity contribution is 5.78. The minimum atomic E-state index is 0.142. The van der Waals surface area contributed by atoms with E-state index in [-0.39, 0.29) is 17.9 Å². The van der Waals surface area contributed by atoms with Gasteiger partial charge in [0, 0.05) is 25.6 Å². The minimum absolute atomic E-state index is 0.142. The molecule has 0 aromatic heterocycles. The number of nitrogens with two attached hydrogens (primary N) is 1. The van der Waals surface area contributed by atoms with Gasteiger partial charge in [0.1, 0.15) is 0 Å². The van der Waals surface area contributed by atoms with Gasteiger partial charge in [0.15, 0.2) is 0 Å². The SMILES string of the molecule is C=CCN(C)C(=O)C1CCCC(N)C1. The molecule has 3 nitrogen and oxygen atoms in total. The Bertz CT molecular complexity index is 215. The normalized spacial score (nSPS) is 27.0. The first-order valence-electron chi connectivity index (χ1n) is 5.26. The van der Waals surface area contributed by atoms with Gasteiger partial charge in [-0.25, -0.2) is 0 Å². The largest absolute Gasteiger partial charge is 0.342 e. The van der Waals surface area contributed by atoms with Crippen LogP contribution in [0.25, 0.3) is 0 Å². The van der Waals surface area contributed by atoms with E-state index < -0.39 is 0 Å². The van der Waals surface area contributed by atoms with Crippen LogP contribution in [0.1, 0.15) is 25.7 Å². The van der Waals surface area contributed by atoms with Gasteiger partial charge < -0.3 is 10.6 Å². The van der Waals surface area contributed by atoms with Gasteiger partial charge in [-0.05, 0) is 19.3 Å². The topological polar surface area (TPSA) is 46.3 Å². The monoisotopic (exact) mass is 196 g/mol. The summed E-state index contributed by atoms with van der Waals surface area (Å²) in [6, 6.07) is 0.217. The zero-order valence-corrected chi connectivity index (χ0v) is 8.91. The van der Waals surface area contributed by atoms with Gasteiger partial charge in [0.25, 0.3) is 0 Å². The molecular weight excluding hydrogens is 176 g/mol. The molecule has 1 aliphatic carbocycles. The lowest BCUT2D eigenvalue weighted by atomic mass is 9.85. The van der Waals surface area contributed by atoms with Crippen molar-refractivity contribution in [2.75, 3.05) is 13.6 Å². The summed E-state index contributed by atoms with van der Waals surface area (Å²) in [5, 5.41) is 0. The third-order valence-electron chi connectivity index (χ3n) is 2.84. The molecule has 3 heteroatoms. The summed E-state index contributed by atoms with van der Waals surface area (Å²) in [6.45, 7) is 4.25. The molecule has 1 rings (SSSR count). The van der Waals surface area contributed by atoms with Crippen molar-refractivity contribution >= 4 is 5.91 Å². The fourth-order valence-corrected chi connectivity index (χ4v) is 2.05. The fraction of sp³-hybridized carbons (Fsp3) is 0.727. The van der Waals surface area contributed by atoms with Crippen LogP contribution in [0.5, 0.6) is 0 Å². The zero-order chi connectivity index (χ0) is 10.6. The Balaban J connectivity index is 2.46. The molecule has 0 aliphatic heterocycles. The summed E-state index contributed by atoms with van der Waals surface area (Å²) in [5.41, 5.74) is 5.85. The highest BCUT2D eigenvalue weighted by Crippen LogP contribution is 2.24. The van der Waals surface area contributed by atoms with Gasteiger partial charge in [0.05, 0.1) is 0 Å². The Morgan fingerprint density at radius 3 is 2.93 bits per heavy atom. The van der Waals surface area contributed by atoms with Gasteiger partial charge in [-0.1, -0.05) is 12.5 Å². The number of hydrogen-bond donors (Lipinski definition) is 1. The molecule has 1 saturated carbocycles. The Labute approximate surface area is 86.0 Å². The Kier molecular flexibility index (Phi) is 4.14. The number of rotatable bonds is 3. The molecule has 0 saturated heterocycles. The zero-order valence-electron chi connectivity index (χ0n) is 8.91. The third-order valence-corrected chi connectivity index (χ3v) is 2.84. The first-order valence-corrected chi connectivity index (χ1v) is 5.26. The maximum absolute atomic E-state index is 11.9. The molecule has 1 fully saturated rings. The Morgan fingerprint density at radius 1 is 1.64 bits per heavy atom. The van der Waals surface area contributed by atoms with E-state index in [9.17, 15) is 4.79 Å². The number of amides is 1. The molecule has 2 unspecified atom stereocenters. The molecule has 2 atom stereocenters. The second kappa shape index (κ2) is 5.15. The van der Waals surface area contributed by atoms with Crippen LogP contribution in [0.2, 0.25) is 0 Å². The lowest BCUT2D eigenvalue weighted by molar-refractivity contribution is -0.134. The molecule has 0 spiro atoms. The van der Waals surface area contributed by atoms with Crippen molar-refractivity contribution in [1.82, 2.24) is 4.90 Å². The van der Waals surface area contributed by atoms with E-state index in [0.29, 0.717) is 6.54 Å². The Hall–Kier alpha value is -0.830. The van der Waals surface area contributed by atoms with Crippen molar-refractivity contribution in [3.8, 4) is 0 Å². The van der Waals surface area contributed by atoms with E-state index >= 15 is 0 Å². The highest BCUT2D eigenvalue weighted by atomic mass is 16.2. The standard InChI is InChI=1S/C11H20N2O/c1-3-7-13(2)11(14)9-5-4-6-10(12)8-9/h3,9-10H,1,4-8,12H2,2H3. The molecule has 0 aromatic rings. The summed E-state index contributed by atoms with van der Waals surface area (Å²) in [7, 11) is 1.82. The summed E-state index contributed by atoms with van der Waals surface area (Å²) in [5.74, 6) is 0.365. The smallest absolute Gasteiger partial charge is 0.225 e. The molecule has 0 radical (unpaired) electrons. The van der Waals surface area contributed by atoms with Crippen molar-refractivity contribution in [3.05, 3.63) is 12.7 Å². The Morgan fingerprint density at radius 2 is 2.36 bits per heavy atom. The van der Waals surface area contributed by atoms with Gasteiger partial charge in [0.2, 0.25) is 5.91 Å². The maximum atomic E-state index is 11.9. The van der Waals surface area contributed by atoms with E-state index in [0.717, 1.165) is 25.7 Å². The second-order valence-corrected chi connectivity index (χ2v) is 4.13. The summed E-state index contributed by atoms with van der Waals surface area (Å²) >= 11 is 0. The maximum Gasteiger partial charge on any atom is 0.225 e. The van der Waals surface area contributed by atoms with Crippen molar-refractivity contribution < 1.29 is 4.79 Å². The number of hydrogen-bond acceptors (Lipinski definition) is 2. The average molecular weight is 196 g/mol. The average Bonchev–Trinajstić information content (AvgIpc) is 2.17. The molecule has 0 heterocycles. The van der Waals surface area contributed by atoms with E-state index in [1.165, 1.54) is 0 Å². The van der Waals surface area contributed by atoms with E-state index in [2.05, 4.69) is 6.58 Å². The van der Waals surface area contributed by atoms with Crippen molar-refractivity contribution in [3.63, 3.8) is 0 Å². The van der Waals surface area contributed by atoms with Crippen molar-refractivity contribution in [2.45, 2.75) is 31.7 Å². The van der Waals surface area contributed by atoms with Crippen molar-refractivity contribution in [1.29, 1.82) is 0 Å². The minimum Gasteiger partial charge on any atom is -0.342 e. The van der Waals surface area contributed by atoms with Gasteiger partial charge >= 0.3 is 0 Å². The van der Waals surface area contributed by atoms with Gasteiger partial charge in [-0.15, -0.1) is 6.58 Å². The third kappa shape index (κ3) is 2.84. The number of nitrogens with zero attached hydrogens (tertiary/aromatic N) is 1. The second-order valence-electron chi connectivity index (χ2n) is 4.13. The van der Waals surface area contributed by atoms with Crippen LogP contribution in [0, 0.1) is 5.92 Å². The molecule has 2 N–H and O–H groups in total. The van der Waals surface area contributed by atoms with E-state index in [1.807, 2.05) is 7.05 Å². The van der Waals surface area contributed by atoms with Gasteiger partial charge in [-0.2, -0.15) is 0 Å². The molecule has 1 amide bonds. The summed E-state index contributed by atoms with van der Waals surface area (Å²) < 4.78 is 0. The quantitative estimate of drug-likeness (QED) is 0.688. The van der Waals surface area contributed by atoms with Crippen LogP contribution in [-0.2, 0) is 4.79 Å². The lowest BCUT2D eigenvalue weighted by Crippen LogP contribution is -2.38. The first-order chi connectivity index (χ1) is 6.65. The summed E-state index contributed by atoms with van der Waals surface area (Å²) in [6.07, 6.45) is 5.74. The van der Waals surface area contributed by atoms with Crippen molar-refractivity contribution in [2.24, 2.45) is 11.7 Å². The molecule has 0 bridgehead atoms. The number of likely N-dealkylation sites (N-methyl/N-ethyl adjacent to an activating group) is 1. The summed E-state index contributed by atoms with van der Waals surface area (Å²) in [4.78, 5) is 13.6. The predicted molar refractivity (Wildman–Crippen MR) is 57.8 cm³/mol. The molecule has 0 aromatic carbocycles. The van der Waals surface area contributed by atoms with Crippen LogP contribution in [0.15, 0.2) is 12.7 Å². The molecule has 80 valence electrons. The number of carbonyl (C=O) groups excluding carboxylic acids is 1. The van der Waals surface area contributed by atoms with E-state index in [1.54, 1.807) is 11.0 Å². The van der Waals surface area contributed by atoms with Crippen LogP contribution < -0.4 is 5.73 Å². The molecule has 14 heavy (non-hydrogen) atoms. The van der Waals surface area contributed by atoms with Crippen LogP contribution >= 0.6 is 0 Å². The lowest BCUT2D eigenvalue weighted by Gasteiger charge is -2.28. The molecule has 1 aliphatic rings. The van der Waals surface area contributed by atoms with Crippen LogP contribution in [-0.4, -0.2) is 30.4 Å². The van der Waals surface area contributed by atoms with E-state index in [4.69, 9.17) is 5.73 Å².